The van der Waals surface area contributed by atoms with E-state index >= 15 is 0 Å². The van der Waals surface area contributed by atoms with Crippen molar-refractivity contribution >= 4 is 11.4 Å². The van der Waals surface area contributed by atoms with Gasteiger partial charge in [-0.3, -0.25) is 0 Å². The Morgan fingerprint density at radius 2 is 1.80 bits per heavy atom. The Kier molecular flexibility index (Phi) is 2.59. The van der Waals surface area contributed by atoms with Crippen LogP contribution in [0.1, 0.15) is 11.1 Å². The molecule has 0 aliphatic carbocycles. The molecule has 0 aliphatic rings. The number of nitrogens with two attached hydrogens (primary N) is 2. The fourth-order valence-electron chi connectivity index (χ4n) is 1.58. The molecule has 0 aromatic heterocycles. The molecule has 2 aromatic carbocycles. The smallest absolute Gasteiger partial charge is 0.0397 e. The minimum atomic E-state index is 0.677. The standard InChI is InChI=1S/C13H13N2/c14-12-5-1-3-10(8-12)7-11-4-2-6-13(15)9-11/h1-5,8-9H,7,14-15H2. The zero-order chi connectivity index (χ0) is 10.7. The minimum absolute atomic E-state index is 0.677. The maximum Gasteiger partial charge on any atom is 0.0397 e. The van der Waals surface area contributed by atoms with Crippen LogP contribution in [0.3, 0.4) is 0 Å². The average molecular weight is 197 g/mol. The molecule has 0 spiro atoms. The first-order chi connectivity index (χ1) is 7.24. The first kappa shape index (κ1) is 9.59. The summed E-state index contributed by atoms with van der Waals surface area (Å²) in [7, 11) is 0. The van der Waals surface area contributed by atoms with Crippen molar-refractivity contribution in [2.45, 2.75) is 6.42 Å². The highest BCUT2D eigenvalue weighted by Gasteiger charge is 1.97. The minimum Gasteiger partial charge on any atom is -0.399 e. The number of rotatable bonds is 2. The van der Waals surface area contributed by atoms with Crippen LogP contribution < -0.4 is 11.5 Å². The zero-order valence-electron chi connectivity index (χ0n) is 8.40. The molecule has 75 valence electrons. The second-order valence-corrected chi connectivity index (χ2v) is 3.57. The maximum absolute atomic E-state index is 5.71. The van der Waals surface area contributed by atoms with E-state index < -0.39 is 0 Å². The summed E-state index contributed by atoms with van der Waals surface area (Å²) in [5.74, 6) is 0. The van der Waals surface area contributed by atoms with Crippen molar-refractivity contribution < 1.29 is 0 Å². The first-order valence-corrected chi connectivity index (χ1v) is 4.84. The van der Waals surface area contributed by atoms with E-state index in [4.69, 9.17) is 11.5 Å². The Labute approximate surface area is 89.5 Å². The molecule has 0 bridgehead atoms. The van der Waals surface area contributed by atoms with Crippen LogP contribution in [-0.2, 0) is 6.42 Å². The fraction of sp³-hybridized carbons (Fsp3) is 0.0769. The molecule has 0 saturated heterocycles. The van der Waals surface area contributed by atoms with Gasteiger partial charge in [0.2, 0.25) is 0 Å². The van der Waals surface area contributed by atoms with Gasteiger partial charge in [-0.1, -0.05) is 24.3 Å². The largest absolute Gasteiger partial charge is 0.399 e. The van der Waals surface area contributed by atoms with Crippen molar-refractivity contribution in [2.24, 2.45) is 0 Å². The van der Waals surface area contributed by atoms with Crippen molar-refractivity contribution in [3.63, 3.8) is 0 Å². The Morgan fingerprint density at radius 3 is 2.53 bits per heavy atom. The van der Waals surface area contributed by atoms with Gasteiger partial charge in [-0.2, -0.15) is 0 Å². The SMILES string of the molecule is Nc1[c]ccc(Cc2cccc(N)c2)c1. The Bertz CT molecular complexity index is 420. The molecule has 0 fully saturated rings. The quantitative estimate of drug-likeness (QED) is 0.725. The highest BCUT2D eigenvalue weighted by atomic mass is 14.5. The molecule has 2 heteroatoms. The van der Waals surface area contributed by atoms with Crippen molar-refractivity contribution in [1.29, 1.82) is 0 Å². The first-order valence-electron chi connectivity index (χ1n) is 4.84. The summed E-state index contributed by atoms with van der Waals surface area (Å²) in [6.07, 6.45) is 0.851. The second-order valence-electron chi connectivity index (χ2n) is 3.57. The van der Waals surface area contributed by atoms with Gasteiger partial charge in [0.05, 0.1) is 0 Å². The topological polar surface area (TPSA) is 52.0 Å². The molecule has 0 unspecified atom stereocenters. The van der Waals surface area contributed by atoms with E-state index in [1.54, 1.807) is 0 Å². The monoisotopic (exact) mass is 197 g/mol. The maximum atomic E-state index is 5.71. The fourth-order valence-corrected chi connectivity index (χ4v) is 1.58. The van der Waals surface area contributed by atoms with E-state index in [2.05, 4.69) is 12.1 Å². The third-order valence-electron chi connectivity index (χ3n) is 2.25. The summed E-state index contributed by atoms with van der Waals surface area (Å²) in [6, 6.07) is 16.6. The molecule has 2 nitrogen and oxygen atoms in total. The van der Waals surface area contributed by atoms with E-state index in [1.165, 1.54) is 11.1 Å². The summed E-state index contributed by atoms with van der Waals surface area (Å²) in [5, 5.41) is 0. The van der Waals surface area contributed by atoms with Gasteiger partial charge in [-0.05, 0) is 35.7 Å². The van der Waals surface area contributed by atoms with Gasteiger partial charge < -0.3 is 11.5 Å². The molecular formula is C13H13N2. The number of hydrogen-bond donors (Lipinski definition) is 2. The van der Waals surface area contributed by atoms with Crippen molar-refractivity contribution in [2.75, 3.05) is 11.5 Å². The van der Waals surface area contributed by atoms with Gasteiger partial charge in [-0.15, -0.1) is 0 Å². The molecule has 4 N–H and O–H groups in total. The highest BCUT2D eigenvalue weighted by molar-refractivity contribution is 5.44. The molecule has 0 saturated carbocycles. The summed E-state index contributed by atoms with van der Waals surface area (Å²) < 4.78 is 0. The van der Waals surface area contributed by atoms with Gasteiger partial charge >= 0.3 is 0 Å². The summed E-state index contributed by atoms with van der Waals surface area (Å²) >= 11 is 0. The normalized spacial score (nSPS) is 10.1. The molecule has 0 atom stereocenters. The number of benzene rings is 2. The van der Waals surface area contributed by atoms with Crippen LogP contribution in [0, 0.1) is 6.07 Å². The Morgan fingerprint density at radius 1 is 1.00 bits per heavy atom. The lowest BCUT2D eigenvalue weighted by Gasteiger charge is -2.03. The summed E-state index contributed by atoms with van der Waals surface area (Å²) in [6.45, 7) is 0. The number of hydrogen-bond acceptors (Lipinski definition) is 2. The van der Waals surface area contributed by atoms with E-state index in [9.17, 15) is 0 Å². The van der Waals surface area contributed by atoms with Crippen LogP contribution in [-0.4, -0.2) is 0 Å². The lowest BCUT2D eigenvalue weighted by atomic mass is 10.0. The molecule has 2 aromatic rings. The lowest BCUT2D eigenvalue weighted by Crippen LogP contribution is -1.92. The van der Waals surface area contributed by atoms with Crippen molar-refractivity contribution in [3.8, 4) is 0 Å². The van der Waals surface area contributed by atoms with Crippen LogP contribution in [0.2, 0.25) is 0 Å². The Hall–Kier alpha value is -1.96. The molecule has 0 amide bonds. The average Bonchev–Trinajstić information content (AvgIpc) is 2.17. The van der Waals surface area contributed by atoms with Crippen molar-refractivity contribution in [3.05, 3.63) is 59.7 Å². The van der Waals surface area contributed by atoms with Crippen LogP contribution in [0.15, 0.2) is 42.5 Å². The number of anilines is 2. The molecule has 0 heterocycles. The Balaban J connectivity index is 2.22. The van der Waals surface area contributed by atoms with Crippen LogP contribution in [0.5, 0.6) is 0 Å². The van der Waals surface area contributed by atoms with Crippen LogP contribution >= 0.6 is 0 Å². The molecule has 15 heavy (non-hydrogen) atoms. The van der Waals surface area contributed by atoms with Gasteiger partial charge in [-0.25, -0.2) is 0 Å². The third-order valence-corrected chi connectivity index (χ3v) is 2.25. The summed E-state index contributed by atoms with van der Waals surface area (Å²) in [4.78, 5) is 0. The molecular weight excluding hydrogens is 184 g/mol. The summed E-state index contributed by atoms with van der Waals surface area (Å²) in [5.41, 5.74) is 15.2. The predicted octanol–water partition coefficient (Wildman–Crippen LogP) is 2.24. The highest BCUT2D eigenvalue weighted by Crippen LogP contribution is 2.14. The van der Waals surface area contributed by atoms with Gasteiger partial charge in [0.1, 0.15) is 0 Å². The molecule has 0 aliphatic heterocycles. The van der Waals surface area contributed by atoms with Gasteiger partial charge in [0, 0.05) is 17.4 Å². The predicted molar refractivity (Wildman–Crippen MR) is 63.4 cm³/mol. The van der Waals surface area contributed by atoms with Gasteiger partial charge in [0.25, 0.3) is 0 Å². The second kappa shape index (κ2) is 4.05. The van der Waals surface area contributed by atoms with Crippen LogP contribution in [0.4, 0.5) is 11.4 Å². The molecule has 2 rings (SSSR count). The van der Waals surface area contributed by atoms with Crippen molar-refractivity contribution in [1.82, 2.24) is 0 Å². The van der Waals surface area contributed by atoms with E-state index in [-0.39, 0.29) is 0 Å². The third kappa shape index (κ3) is 2.50. The van der Waals surface area contributed by atoms with E-state index in [0.717, 1.165) is 12.1 Å². The zero-order valence-corrected chi connectivity index (χ0v) is 8.40. The van der Waals surface area contributed by atoms with Gasteiger partial charge in [0.15, 0.2) is 0 Å². The van der Waals surface area contributed by atoms with E-state index in [1.807, 2.05) is 36.4 Å². The lowest BCUT2D eigenvalue weighted by molar-refractivity contribution is 1.20. The van der Waals surface area contributed by atoms with Crippen LogP contribution in [0.25, 0.3) is 0 Å². The number of nitrogen functional groups attached to an aromatic ring is 2. The van der Waals surface area contributed by atoms with E-state index in [0.29, 0.717) is 5.69 Å². The molecule has 1 radical (unpaired) electrons.